The molecule has 0 saturated heterocycles. The van der Waals surface area contributed by atoms with Crippen LogP contribution in [0.3, 0.4) is 0 Å². The van der Waals surface area contributed by atoms with Crippen molar-refractivity contribution in [2.75, 3.05) is 0 Å². The van der Waals surface area contributed by atoms with Crippen LogP contribution in [0.2, 0.25) is 0 Å². The molecule has 0 unspecified atom stereocenters. The number of alkyl halides is 6. The summed E-state index contributed by atoms with van der Waals surface area (Å²) < 4.78 is 86.7. The van der Waals surface area contributed by atoms with E-state index >= 15 is 0 Å². The van der Waals surface area contributed by atoms with E-state index in [1.165, 1.54) is 36.4 Å². The molecule has 0 aliphatic heterocycles. The third kappa shape index (κ3) is 8.07. The predicted molar refractivity (Wildman–Crippen MR) is 264 cm³/mol. The van der Waals surface area contributed by atoms with E-state index in [1.807, 2.05) is 24.3 Å². The van der Waals surface area contributed by atoms with Crippen molar-refractivity contribution >= 4 is 44.8 Å². The molecule has 8 nitrogen and oxygen atoms in total. The minimum Gasteiger partial charge on any atom is -0.237 e. The van der Waals surface area contributed by atoms with Crippen molar-refractivity contribution in [3.05, 3.63) is 246 Å². The lowest BCUT2D eigenvalue weighted by atomic mass is 9.77. The van der Waals surface area contributed by atoms with E-state index in [1.54, 1.807) is 60.7 Å². The van der Waals surface area contributed by atoms with Crippen molar-refractivity contribution in [1.82, 2.24) is 0 Å². The third-order valence-corrected chi connectivity index (χ3v) is 12.5. The molecule has 346 valence electrons. The first-order valence-corrected chi connectivity index (χ1v) is 21.8. The number of nitriles is 6. The normalized spacial score (nSPS) is 13.9. The van der Waals surface area contributed by atoms with Gasteiger partial charge in [0.2, 0.25) is 11.4 Å². The van der Waals surface area contributed by atoms with Gasteiger partial charge < -0.3 is 0 Å². The number of benzene rings is 7. The zero-order valence-electron chi connectivity index (χ0n) is 37.7. The standard InChI is InChI=1S/C60H24F6N8/c1-73-57(42-25-35(29-69)22-36(26-42)30-70)55-47(37-9-5-3-6-10-37)46(32-72)52-48(39-13-17-43(18-14-39)59(61,62)63)53-51(45(31-71)41-23-33(27-67)21-34(24-41)28-68)50(38-11-7-4-8-12-38)58(74-2)56(53)49(54(52)55)40-15-19-44(20-16-40)60(64,65)66/h3-26H/b51-45+,57-55-. The molecule has 74 heavy (non-hydrogen) atoms. The van der Waals surface area contributed by atoms with Crippen LogP contribution < -0.4 is 0 Å². The van der Waals surface area contributed by atoms with Crippen molar-refractivity contribution in [1.29, 1.82) is 31.6 Å². The molecule has 0 bridgehead atoms. The van der Waals surface area contributed by atoms with E-state index in [0.717, 1.165) is 48.5 Å². The number of fused-ring (bicyclic) bond motifs is 2. The average Bonchev–Trinajstić information content (AvgIpc) is 3.93. The maximum absolute atomic E-state index is 14.4. The van der Waals surface area contributed by atoms with Gasteiger partial charge in [-0.05, 0) is 144 Å². The Balaban J connectivity index is 1.66. The monoisotopic (exact) mass is 970 g/mol. The van der Waals surface area contributed by atoms with Gasteiger partial charge in [0.05, 0.1) is 81.9 Å². The van der Waals surface area contributed by atoms with Crippen LogP contribution in [0, 0.1) is 81.1 Å². The Hall–Kier alpha value is -11.0. The molecule has 0 aromatic heterocycles. The number of hydrogen-bond acceptors (Lipinski definition) is 6. The highest BCUT2D eigenvalue weighted by Gasteiger charge is 2.44. The van der Waals surface area contributed by atoms with Gasteiger partial charge in [0.25, 0.3) is 0 Å². The van der Waals surface area contributed by atoms with E-state index in [4.69, 9.17) is 13.1 Å². The summed E-state index contributed by atoms with van der Waals surface area (Å²) in [6.45, 7) is 17.9. The Labute approximate surface area is 418 Å². The number of hydrogen-bond donors (Lipinski definition) is 0. The van der Waals surface area contributed by atoms with E-state index < -0.39 is 23.5 Å². The molecule has 0 spiro atoms. The van der Waals surface area contributed by atoms with Crippen molar-refractivity contribution in [2.24, 2.45) is 0 Å². The van der Waals surface area contributed by atoms with E-state index in [-0.39, 0.29) is 123 Å². The van der Waals surface area contributed by atoms with Gasteiger partial charge in [0, 0.05) is 5.56 Å². The maximum atomic E-state index is 14.4. The van der Waals surface area contributed by atoms with Gasteiger partial charge in [-0.1, -0.05) is 84.9 Å². The van der Waals surface area contributed by atoms with Crippen molar-refractivity contribution in [3.63, 3.8) is 0 Å². The van der Waals surface area contributed by atoms with Gasteiger partial charge in [-0.3, -0.25) is 0 Å². The van der Waals surface area contributed by atoms with E-state index in [2.05, 4.69) is 21.8 Å². The summed E-state index contributed by atoms with van der Waals surface area (Å²) in [6, 6.07) is 44.7. The first-order valence-electron chi connectivity index (χ1n) is 21.8. The highest BCUT2D eigenvalue weighted by molar-refractivity contribution is 6.38. The smallest absolute Gasteiger partial charge is 0.237 e. The number of rotatable bonds is 6. The van der Waals surface area contributed by atoms with Crippen molar-refractivity contribution in [2.45, 2.75) is 12.4 Å². The molecule has 0 amide bonds. The molecule has 14 heteroatoms. The lowest BCUT2D eigenvalue weighted by molar-refractivity contribution is -0.138. The Morgan fingerprint density at radius 3 is 1.23 bits per heavy atom. The number of nitrogens with zero attached hydrogens (tertiary/aromatic N) is 8. The molecule has 7 aromatic rings. The second kappa shape index (κ2) is 18.7. The summed E-state index contributed by atoms with van der Waals surface area (Å²) in [5.41, 5.74) is -2.57. The van der Waals surface area contributed by atoms with E-state index in [0.29, 0.717) is 11.1 Å². The Morgan fingerprint density at radius 2 is 0.838 bits per heavy atom. The molecule has 2 aliphatic rings. The van der Waals surface area contributed by atoms with Gasteiger partial charge in [-0.15, -0.1) is 0 Å². The van der Waals surface area contributed by atoms with Crippen LogP contribution in [-0.2, 0) is 12.4 Å². The minimum atomic E-state index is -4.84. The second-order valence-corrected chi connectivity index (χ2v) is 16.6. The van der Waals surface area contributed by atoms with Crippen LogP contribution in [0.15, 0.2) is 146 Å². The molecule has 0 heterocycles. The highest BCUT2D eigenvalue weighted by atomic mass is 19.4. The van der Waals surface area contributed by atoms with Crippen molar-refractivity contribution in [3.8, 4) is 58.7 Å². The SMILES string of the molecule is [C-]#[N+]C1=C(c2ccccc2)/C(=C(/C#N)c2cc(C#N)cc(C#N)c2)c2c1c(-c1ccc(C(F)(F)F)cc1)c1c(c2-c2ccc(C(F)(F)F)cc2)C(C#N)=C(c2ccccc2)/C1=C(/[N+]#[C-])c1cc(C#N)cc(C#N)c1. The maximum Gasteiger partial charge on any atom is 0.416 e. The quantitative estimate of drug-likeness (QED) is 0.0919. The summed E-state index contributed by atoms with van der Waals surface area (Å²) in [7, 11) is 0. The van der Waals surface area contributed by atoms with Gasteiger partial charge in [-0.2, -0.15) is 57.9 Å². The number of allylic oxidation sites excluding steroid dienone is 6. The Kier molecular flexibility index (Phi) is 12.2. The zero-order valence-corrected chi connectivity index (χ0v) is 37.7. The minimum absolute atomic E-state index is 0.00501. The van der Waals surface area contributed by atoms with Gasteiger partial charge in [-0.25, -0.2) is 9.69 Å². The Morgan fingerprint density at radius 1 is 0.419 bits per heavy atom. The lowest BCUT2D eigenvalue weighted by Gasteiger charge is -2.25. The largest absolute Gasteiger partial charge is 0.416 e. The molecule has 2 aliphatic carbocycles. The molecule has 9 rings (SSSR count). The van der Waals surface area contributed by atoms with Gasteiger partial charge in [0.1, 0.15) is 12.1 Å². The summed E-state index contributed by atoms with van der Waals surface area (Å²) in [4.78, 5) is 8.10. The van der Waals surface area contributed by atoms with Crippen LogP contribution in [0.5, 0.6) is 0 Å². The first-order chi connectivity index (χ1) is 35.6. The van der Waals surface area contributed by atoms with Crippen LogP contribution in [0.1, 0.15) is 77.9 Å². The summed E-state index contributed by atoms with van der Waals surface area (Å²) in [5, 5.41) is 63.7. The third-order valence-electron chi connectivity index (χ3n) is 12.5. The average molecular weight is 971 g/mol. The molecule has 0 atom stereocenters. The fraction of sp³-hybridized carbons (Fsp3) is 0.0333. The van der Waals surface area contributed by atoms with Crippen molar-refractivity contribution < 1.29 is 26.3 Å². The van der Waals surface area contributed by atoms with E-state index in [9.17, 15) is 57.9 Å². The molecule has 0 saturated carbocycles. The molecule has 0 N–H and O–H groups in total. The molecular weight excluding hydrogens is 947 g/mol. The Bertz CT molecular complexity index is 3750. The van der Waals surface area contributed by atoms with Crippen LogP contribution in [0.4, 0.5) is 26.3 Å². The number of halogens is 6. The first kappa shape index (κ1) is 48.0. The fourth-order valence-corrected chi connectivity index (χ4v) is 9.52. The van der Waals surface area contributed by atoms with Crippen LogP contribution >= 0.6 is 0 Å². The molecule has 0 radical (unpaired) electrons. The molecule has 0 fully saturated rings. The summed E-state index contributed by atoms with van der Waals surface area (Å²) in [6.07, 6.45) is -9.67. The molecule has 7 aromatic carbocycles. The van der Waals surface area contributed by atoms with Gasteiger partial charge in [0.15, 0.2) is 0 Å². The second-order valence-electron chi connectivity index (χ2n) is 16.6. The fourth-order valence-electron chi connectivity index (χ4n) is 9.52. The van der Waals surface area contributed by atoms with Crippen LogP contribution in [-0.4, -0.2) is 0 Å². The van der Waals surface area contributed by atoms with Crippen LogP contribution in [0.25, 0.3) is 76.8 Å². The highest BCUT2D eigenvalue weighted by Crippen LogP contribution is 2.64. The van der Waals surface area contributed by atoms with Gasteiger partial charge >= 0.3 is 12.4 Å². The molecular formula is C60H24F6N8. The zero-order chi connectivity index (χ0) is 52.6. The lowest BCUT2D eigenvalue weighted by Crippen LogP contribution is -2.07. The summed E-state index contributed by atoms with van der Waals surface area (Å²) in [5.74, 6) is 0. The topological polar surface area (TPSA) is 151 Å². The predicted octanol–water partition coefficient (Wildman–Crippen LogP) is 15.0. The summed E-state index contributed by atoms with van der Waals surface area (Å²) >= 11 is 0.